The summed E-state index contributed by atoms with van der Waals surface area (Å²) < 4.78 is 0. The molecule has 1 aliphatic carbocycles. The van der Waals surface area contributed by atoms with Crippen LogP contribution in [0.5, 0.6) is 0 Å². The van der Waals surface area contributed by atoms with Gasteiger partial charge in [0.15, 0.2) is 0 Å². The molecule has 0 radical (unpaired) electrons. The summed E-state index contributed by atoms with van der Waals surface area (Å²) in [6.45, 7) is 4.37. The number of fused-ring (bicyclic) bond motifs is 2. The maximum absolute atomic E-state index is 8.44. The molecule has 2 unspecified atom stereocenters. The highest BCUT2D eigenvalue weighted by Gasteiger charge is 2.26. The van der Waals surface area contributed by atoms with Gasteiger partial charge in [0.05, 0.1) is 0 Å². The van der Waals surface area contributed by atoms with Gasteiger partial charge in [0.2, 0.25) is 0 Å². The topological polar surface area (TPSA) is 23.9 Å². The van der Waals surface area contributed by atoms with Gasteiger partial charge in [0.25, 0.3) is 0 Å². The fraction of sp³-hybridized carbons (Fsp3) is 0.235. The Hall–Kier alpha value is -1.89. The summed E-state index contributed by atoms with van der Waals surface area (Å²) in [6.07, 6.45) is 0. The van der Waals surface area contributed by atoms with Crippen molar-refractivity contribution in [3.05, 3.63) is 70.8 Å². The third-order valence-electron chi connectivity index (χ3n) is 4.08. The van der Waals surface area contributed by atoms with Crippen LogP contribution in [0.1, 0.15) is 47.9 Å². The molecule has 0 bridgehead atoms. The van der Waals surface area contributed by atoms with E-state index in [1.165, 1.54) is 16.7 Å². The van der Waals surface area contributed by atoms with E-state index in [2.05, 4.69) is 56.3 Å². The Labute approximate surface area is 108 Å². The number of rotatable bonds is 0. The van der Waals surface area contributed by atoms with Crippen molar-refractivity contribution in [2.75, 3.05) is 0 Å². The Morgan fingerprint density at radius 2 is 1.22 bits per heavy atom. The summed E-state index contributed by atoms with van der Waals surface area (Å²) >= 11 is 0. The van der Waals surface area contributed by atoms with Crippen molar-refractivity contribution in [3.8, 4) is 0 Å². The highest BCUT2D eigenvalue weighted by atomic mass is 14.5. The van der Waals surface area contributed by atoms with Crippen LogP contribution in [0.4, 0.5) is 0 Å². The van der Waals surface area contributed by atoms with Gasteiger partial charge < -0.3 is 5.41 Å². The second-order valence-corrected chi connectivity index (χ2v) is 5.07. The molecule has 18 heavy (non-hydrogen) atoms. The van der Waals surface area contributed by atoms with Gasteiger partial charge in [0, 0.05) is 17.5 Å². The SMILES string of the molecule is CC1C(=N)c2ccccc2C(C)c2ccccc21. The van der Waals surface area contributed by atoms with Crippen molar-refractivity contribution in [1.29, 1.82) is 5.41 Å². The zero-order chi connectivity index (χ0) is 12.7. The Bertz CT molecular complexity index is 613. The summed E-state index contributed by atoms with van der Waals surface area (Å²) in [7, 11) is 0. The van der Waals surface area contributed by atoms with Gasteiger partial charge in [-0.15, -0.1) is 0 Å². The molecular formula is C17H17N. The van der Waals surface area contributed by atoms with Crippen LogP contribution in [0.2, 0.25) is 0 Å². The van der Waals surface area contributed by atoms with E-state index >= 15 is 0 Å². The van der Waals surface area contributed by atoms with Crippen LogP contribution in [-0.4, -0.2) is 5.71 Å². The summed E-state index contributed by atoms with van der Waals surface area (Å²) in [4.78, 5) is 0. The minimum absolute atomic E-state index is 0.173. The van der Waals surface area contributed by atoms with Crippen molar-refractivity contribution in [2.45, 2.75) is 25.7 Å². The molecule has 0 heterocycles. The van der Waals surface area contributed by atoms with Gasteiger partial charge >= 0.3 is 0 Å². The average Bonchev–Trinajstić information content (AvgIpc) is 2.51. The van der Waals surface area contributed by atoms with Gasteiger partial charge in [-0.3, -0.25) is 0 Å². The molecule has 0 saturated heterocycles. The first kappa shape index (κ1) is 11.2. The molecule has 0 aromatic heterocycles. The molecule has 2 aromatic rings. The van der Waals surface area contributed by atoms with Crippen LogP contribution >= 0.6 is 0 Å². The van der Waals surface area contributed by atoms with E-state index in [0.29, 0.717) is 5.92 Å². The van der Waals surface area contributed by atoms with Crippen molar-refractivity contribution >= 4 is 5.71 Å². The van der Waals surface area contributed by atoms with Crippen molar-refractivity contribution in [1.82, 2.24) is 0 Å². The number of hydrogen-bond acceptors (Lipinski definition) is 1. The largest absolute Gasteiger partial charge is 0.304 e. The first-order valence-electron chi connectivity index (χ1n) is 6.46. The predicted octanol–water partition coefficient (Wildman–Crippen LogP) is 4.32. The Morgan fingerprint density at radius 3 is 1.89 bits per heavy atom. The normalized spacial score (nSPS) is 22.0. The van der Waals surface area contributed by atoms with E-state index in [-0.39, 0.29) is 5.92 Å². The molecule has 0 amide bonds. The highest BCUT2D eigenvalue weighted by Crippen LogP contribution is 2.38. The molecule has 3 rings (SSSR count). The molecule has 1 heteroatoms. The van der Waals surface area contributed by atoms with E-state index < -0.39 is 0 Å². The van der Waals surface area contributed by atoms with Gasteiger partial charge in [-0.1, -0.05) is 62.4 Å². The molecule has 1 N–H and O–H groups in total. The summed E-state index contributed by atoms with van der Waals surface area (Å²) in [5.41, 5.74) is 5.78. The fourth-order valence-corrected chi connectivity index (χ4v) is 2.98. The minimum atomic E-state index is 0.173. The van der Waals surface area contributed by atoms with Crippen LogP contribution in [0.15, 0.2) is 48.5 Å². The second kappa shape index (κ2) is 4.09. The van der Waals surface area contributed by atoms with E-state index in [1.54, 1.807) is 0 Å². The lowest BCUT2D eigenvalue weighted by Crippen LogP contribution is -2.09. The van der Waals surface area contributed by atoms with E-state index in [4.69, 9.17) is 5.41 Å². The van der Waals surface area contributed by atoms with Crippen molar-refractivity contribution in [2.24, 2.45) is 0 Å². The van der Waals surface area contributed by atoms with Crippen LogP contribution < -0.4 is 0 Å². The number of hydrogen-bond donors (Lipinski definition) is 1. The minimum Gasteiger partial charge on any atom is -0.304 e. The molecule has 2 aromatic carbocycles. The molecule has 0 saturated carbocycles. The monoisotopic (exact) mass is 235 g/mol. The lowest BCUT2D eigenvalue weighted by molar-refractivity contribution is 0.894. The lowest BCUT2D eigenvalue weighted by Gasteiger charge is -2.15. The maximum Gasteiger partial charge on any atom is 0.0461 e. The quantitative estimate of drug-likeness (QED) is 0.703. The third kappa shape index (κ3) is 1.51. The van der Waals surface area contributed by atoms with Gasteiger partial charge in [-0.25, -0.2) is 0 Å². The van der Waals surface area contributed by atoms with Crippen LogP contribution in [-0.2, 0) is 0 Å². The third-order valence-corrected chi connectivity index (χ3v) is 4.08. The zero-order valence-corrected chi connectivity index (χ0v) is 10.8. The average molecular weight is 235 g/mol. The smallest absolute Gasteiger partial charge is 0.0461 e. The predicted molar refractivity (Wildman–Crippen MR) is 75.6 cm³/mol. The second-order valence-electron chi connectivity index (χ2n) is 5.07. The van der Waals surface area contributed by atoms with E-state index in [0.717, 1.165) is 11.3 Å². The van der Waals surface area contributed by atoms with Crippen LogP contribution in [0, 0.1) is 5.41 Å². The summed E-state index contributed by atoms with van der Waals surface area (Å²) in [6, 6.07) is 16.9. The maximum atomic E-state index is 8.44. The molecule has 0 fully saturated rings. The van der Waals surface area contributed by atoms with Crippen LogP contribution in [0.3, 0.4) is 0 Å². The van der Waals surface area contributed by atoms with E-state index in [1.807, 2.05) is 6.07 Å². The molecule has 2 atom stereocenters. The van der Waals surface area contributed by atoms with Gasteiger partial charge in [0.1, 0.15) is 0 Å². The van der Waals surface area contributed by atoms with Gasteiger partial charge in [-0.2, -0.15) is 0 Å². The van der Waals surface area contributed by atoms with Crippen molar-refractivity contribution in [3.63, 3.8) is 0 Å². The lowest BCUT2D eigenvalue weighted by atomic mass is 9.89. The first-order chi connectivity index (χ1) is 8.70. The zero-order valence-electron chi connectivity index (χ0n) is 10.8. The molecule has 1 nitrogen and oxygen atoms in total. The first-order valence-corrected chi connectivity index (χ1v) is 6.46. The highest BCUT2D eigenvalue weighted by molar-refractivity contribution is 6.05. The Morgan fingerprint density at radius 1 is 0.722 bits per heavy atom. The number of nitrogens with one attached hydrogen (secondary N) is 1. The van der Waals surface area contributed by atoms with Crippen LogP contribution in [0.25, 0.3) is 0 Å². The molecule has 0 aliphatic heterocycles. The summed E-state index contributed by atoms with van der Waals surface area (Å²) in [5, 5.41) is 8.44. The molecule has 1 aliphatic rings. The molecular weight excluding hydrogens is 218 g/mol. The Balaban J connectivity index is 2.31. The fourth-order valence-electron chi connectivity index (χ4n) is 2.98. The standard InChI is InChI=1S/C17H17N/c1-11-13-7-3-4-9-15(13)12(2)17(18)16-10-6-5-8-14(11)16/h3-12,18H,1-2H3. The van der Waals surface area contributed by atoms with E-state index in [9.17, 15) is 0 Å². The Kier molecular flexibility index (Phi) is 2.55. The molecule has 0 spiro atoms. The van der Waals surface area contributed by atoms with Gasteiger partial charge in [-0.05, 0) is 22.3 Å². The van der Waals surface area contributed by atoms with Crippen molar-refractivity contribution < 1.29 is 0 Å². The summed E-state index contributed by atoms with van der Waals surface area (Å²) in [5.74, 6) is 0.537. The number of benzene rings is 2. The molecule has 90 valence electrons.